The highest BCUT2D eigenvalue weighted by molar-refractivity contribution is 9.10. The summed E-state index contributed by atoms with van der Waals surface area (Å²) in [4.78, 5) is 0. The van der Waals surface area contributed by atoms with Gasteiger partial charge in [0.05, 0.1) is 5.02 Å². The van der Waals surface area contributed by atoms with Crippen molar-refractivity contribution in [2.24, 2.45) is 0 Å². The molecule has 0 bridgehead atoms. The van der Waals surface area contributed by atoms with Crippen molar-refractivity contribution in [2.75, 3.05) is 6.54 Å². The molecule has 0 amide bonds. The van der Waals surface area contributed by atoms with Crippen LogP contribution in [-0.2, 0) is 0 Å². The molecule has 0 aromatic heterocycles. The van der Waals surface area contributed by atoms with Crippen molar-refractivity contribution in [3.8, 4) is 0 Å². The molecular formula is C13H17BrClN. The lowest BCUT2D eigenvalue weighted by Crippen LogP contribution is -2.21. The monoisotopic (exact) mass is 301 g/mol. The van der Waals surface area contributed by atoms with Crippen molar-refractivity contribution >= 4 is 27.5 Å². The van der Waals surface area contributed by atoms with Crippen molar-refractivity contribution in [3.05, 3.63) is 45.9 Å². The van der Waals surface area contributed by atoms with Crippen molar-refractivity contribution in [1.29, 1.82) is 0 Å². The first-order valence-corrected chi connectivity index (χ1v) is 6.65. The Kier molecular flexibility index (Phi) is 6.10. The largest absolute Gasteiger partial charge is 0.310 e. The first kappa shape index (κ1) is 13.8. The van der Waals surface area contributed by atoms with Gasteiger partial charge in [0.15, 0.2) is 0 Å². The van der Waals surface area contributed by atoms with Gasteiger partial charge in [0.25, 0.3) is 0 Å². The molecule has 1 unspecified atom stereocenters. The maximum atomic E-state index is 6.09. The summed E-state index contributed by atoms with van der Waals surface area (Å²) >= 11 is 9.49. The molecule has 16 heavy (non-hydrogen) atoms. The molecule has 0 saturated carbocycles. The predicted octanol–water partition coefficient (Wildman–Crippen LogP) is 4.72. The first-order valence-electron chi connectivity index (χ1n) is 5.48. The van der Waals surface area contributed by atoms with Crippen LogP contribution >= 0.6 is 27.5 Å². The van der Waals surface area contributed by atoms with Crippen molar-refractivity contribution in [2.45, 2.75) is 25.8 Å². The Balaban J connectivity index is 2.82. The fourth-order valence-electron chi connectivity index (χ4n) is 1.55. The molecule has 0 fully saturated rings. The second-order valence-corrected chi connectivity index (χ2v) is 4.97. The summed E-state index contributed by atoms with van der Waals surface area (Å²) in [5, 5.41) is 4.24. The quantitative estimate of drug-likeness (QED) is 0.750. The lowest BCUT2D eigenvalue weighted by atomic mass is 10.0. The SMILES string of the molecule is C=CCC(NCCC)c1ccc(Br)c(Cl)c1. The van der Waals surface area contributed by atoms with Gasteiger partial charge in [-0.05, 0) is 53.0 Å². The number of rotatable bonds is 6. The molecule has 0 aliphatic carbocycles. The van der Waals surface area contributed by atoms with Gasteiger partial charge in [-0.2, -0.15) is 0 Å². The van der Waals surface area contributed by atoms with E-state index in [1.165, 1.54) is 5.56 Å². The van der Waals surface area contributed by atoms with Gasteiger partial charge in [-0.15, -0.1) is 6.58 Å². The van der Waals surface area contributed by atoms with E-state index < -0.39 is 0 Å². The summed E-state index contributed by atoms with van der Waals surface area (Å²) in [5.74, 6) is 0. The molecule has 1 N–H and O–H groups in total. The Hall–Kier alpha value is -0.310. The fourth-order valence-corrected chi connectivity index (χ4v) is 1.99. The molecule has 0 saturated heterocycles. The van der Waals surface area contributed by atoms with Crippen LogP contribution in [-0.4, -0.2) is 6.54 Å². The van der Waals surface area contributed by atoms with Gasteiger partial charge in [0.2, 0.25) is 0 Å². The molecule has 0 radical (unpaired) electrons. The summed E-state index contributed by atoms with van der Waals surface area (Å²) in [5.41, 5.74) is 1.21. The molecule has 0 aliphatic rings. The Morgan fingerprint density at radius 1 is 1.56 bits per heavy atom. The second-order valence-electron chi connectivity index (χ2n) is 3.70. The Labute approximate surface area is 111 Å². The summed E-state index contributed by atoms with van der Waals surface area (Å²) in [6, 6.07) is 6.39. The highest BCUT2D eigenvalue weighted by Gasteiger charge is 2.10. The maximum Gasteiger partial charge on any atom is 0.0551 e. The molecule has 1 aromatic rings. The van der Waals surface area contributed by atoms with Crippen LogP contribution in [0.2, 0.25) is 5.02 Å². The van der Waals surface area contributed by atoms with Crippen molar-refractivity contribution in [3.63, 3.8) is 0 Å². The van der Waals surface area contributed by atoms with Crippen LogP contribution in [0.5, 0.6) is 0 Å². The van der Waals surface area contributed by atoms with Crippen molar-refractivity contribution in [1.82, 2.24) is 5.32 Å². The number of hydrogen-bond donors (Lipinski definition) is 1. The molecule has 1 atom stereocenters. The molecule has 0 spiro atoms. The van der Waals surface area contributed by atoms with E-state index in [0.717, 1.165) is 28.9 Å². The summed E-state index contributed by atoms with van der Waals surface area (Å²) in [6.07, 6.45) is 3.97. The third-order valence-electron chi connectivity index (χ3n) is 2.39. The van der Waals surface area contributed by atoms with Gasteiger partial charge in [0, 0.05) is 10.5 Å². The zero-order valence-corrected chi connectivity index (χ0v) is 11.8. The smallest absolute Gasteiger partial charge is 0.0551 e. The van der Waals surface area contributed by atoms with E-state index in [2.05, 4.69) is 40.8 Å². The summed E-state index contributed by atoms with van der Waals surface area (Å²) < 4.78 is 0.936. The molecule has 1 aromatic carbocycles. The van der Waals surface area contributed by atoms with E-state index >= 15 is 0 Å². The van der Waals surface area contributed by atoms with Crippen LogP contribution in [0.3, 0.4) is 0 Å². The van der Waals surface area contributed by atoms with E-state index in [-0.39, 0.29) is 0 Å². The minimum Gasteiger partial charge on any atom is -0.310 e. The van der Waals surface area contributed by atoms with Crippen LogP contribution in [0.1, 0.15) is 31.4 Å². The molecule has 0 heterocycles. The highest BCUT2D eigenvalue weighted by atomic mass is 79.9. The van der Waals surface area contributed by atoms with E-state index in [9.17, 15) is 0 Å². The van der Waals surface area contributed by atoms with E-state index in [4.69, 9.17) is 11.6 Å². The van der Waals surface area contributed by atoms with Crippen LogP contribution in [0.15, 0.2) is 35.3 Å². The van der Waals surface area contributed by atoms with E-state index in [0.29, 0.717) is 6.04 Å². The second kappa shape index (κ2) is 7.10. The van der Waals surface area contributed by atoms with Crippen molar-refractivity contribution < 1.29 is 0 Å². The third kappa shape index (κ3) is 3.93. The fraction of sp³-hybridized carbons (Fsp3) is 0.385. The molecule has 1 rings (SSSR count). The standard InChI is InChI=1S/C13H17BrClN/c1-3-5-13(16-8-4-2)10-6-7-11(14)12(15)9-10/h3,6-7,9,13,16H,1,4-5,8H2,2H3. The number of halogens is 2. The first-order chi connectivity index (χ1) is 7.69. The average molecular weight is 303 g/mol. The predicted molar refractivity (Wildman–Crippen MR) is 75.0 cm³/mol. The van der Waals surface area contributed by atoms with Gasteiger partial charge in [-0.25, -0.2) is 0 Å². The zero-order valence-electron chi connectivity index (χ0n) is 9.47. The van der Waals surface area contributed by atoms with Gasteiger partial charge in [-0.1, -0.05) is 30.7 Å². The van der Waals surface area contributed by atoms with Crippen LogP contribution in [0.25, 0.3) is 0 Å². The lowest BCUT2D eigenvalue weighted by Gasteiger charge is -2.17. The Bertz CT molecular complexity index is 352. The number of nitrogens with one attached hydrogen (secondary N) is 1. The zero-order chi connectivity index (χ0) is 12.0. The topological polar surface area (TPSA) is 12.0 Å². The molecule has 3 heteroatoms. The third-order valence-corrected chi connectivity index (χ3v) is 3.62. The molecular weight excluding hydrogens is 286 g/mol. The lowest BCUT2D eigenvalue weighted by molar-refractivity contribution is 0.537. The molecule has 1 nitrogen and oxygen atoms in total. The van der Waals surface area contributed by atoms with Gasteiger partial charge in [0.1, 0.15) is 0 Å². The summed E-state index contributed by atoms with van der Waals surface area (Å²) in [6.45, 7) is 6.96. The minimum atomic E-state index is 0.308. The molecule has 88 valence electrons. The highest BCUT2D eigenvalue weighted by Crippen LogP contribution is 2.27. The normalized spacial score (nSPS) is 12.4. The number of hydrogen-bond acceptors (Lipinski definition) is 1. The average Bonchev–Trinajstić information content (AvgIpc) is 2.28. The maximum absolute atomic E-state index is 6.09. The molecule has 0 aliphatic heterocycles. The minimum absolute atomic E-state index is 0.308. The van der Waals surface area contributed by atoms with Crippen LogP contribution in [0.4, 0.5) is 0 Å². The Morgan fingerprint density at radius 2 is 2.31 bits per heavy atom. The number of benzene rings is 1. The van der Waals surface area contributed by atoms with Crippen LogP contribution in [0, 0.1) is 0 Å². The van der Waals surface area contributed by atoms with Crippen LogP contribution < -0.4 is 5.32 Å². The summed E-state index contributed by atoms with van der Waals surface area (Å²) in [7, 11) is 0. The van der Waals surface area contributed by atoms with Gasteiger partial charge >= 0.3 is 0 Å². The van der Waals surface area contributed by atoms with E-state index in [1.807, 2.05) is 18.2 Å². The Morgan fingerprint density at radius 3 is 2.88 bits per heavy atom. The van der Waals surface area contributed by atoms with Gasteiger partial charge < -0.3 is 5.32 Å². The van der Waals surface area contributed by atoms with E-state index in [1.54, 1.807) is 0 Å². The van der Waals surface area contributed by atoms with Gasteiger partial charge in [-0.3, -0.25) is 0 Å².